The second-order valence-corrected chi connectivity index (χ2v) is 6.09. The topological polar surface area (TPSA) is 116 Å². The van der Waals surface area contributed by atoms with Crippen molar-refractivity contribution in [1.82, 2.24) is 20.4 Å². The van der Waals surface area contributed by atoms with Gasteiger partial charge in [0, 0.05) is 12.6 Å². The van der Waals surface area contributed by atoms with Crippen molar-refractivity contribution in [3.8, 4) is 0 Å². The van der Waals surface area contributed by atoms with E-state index in [4.69, 9.17) is 0 Å². The molecule has 1 saturated heterocycles. The number of hydrogen-bond acceptors (Lipinski definition) is 5. The van der Waals surface area contributed by atoms with Crippen LogP contribution in [-0.4, -0.2) is 58.7 Å². The molecule has 24 heavy (non-hydrogen) atoms. The van der Waals surface area contributed by atoms with E-state index in [1.54, 1.807) is 6.92 Å². The summed E-state index contributed by atoms with van der Waals surface area (Å²) < 4.78 is 0. The highest BCUT2D eigenvalue weighted by Crippen LogP contribution is 2.31. The van der Waals surface area contributed by atoms with Crippen molar-refractivity contribution < 1.29 is 24.0 Å². The highest BCUT2D eigenvalue weighted by atomic mass is 16.2. The molecule has 1 aliphatic carbocycles. The first kappa shape index (κ1) is 17.9. The Kier molecular flexibility index (Phi) is 5.53. The Morgan fingerprint density at radius 1 is 1.12 bits per heavy atom. The molecule has 2 atom stereocenters. The minimum atomic E-state index is -1.02. The molecule has 2 rings (SSSR count). The van der Waals surface area contributed by atoms with Crippen molar-refractivity contribution in [1.29, 1.82) is 0 Å². The van der Waals surface area contributed by atoms with Gasteiger partial charge in [-0.05, 0) is 25.7 Å². The molecule has 0 aromatic carbocycles. The molecule has 1 heterocycles. The van der Waals surface area contributed by atoms with E-state index in [1.165, 1.54) is 0 Å². The van der Waals surface area contributed by atoms with Crippen LogP contribution in [0.25, 0.3) is 0 Å². The summed E-state index contributed by atoms with van der Waals surface area (Å²) in [5.74, 6) is -2.63. The van der Waals surface area contributed by atoms with Gasteiger partial charge in [-0.2, -0.15) is 0 Å². The summed E-state index contributed by atoms with van der Waals surface area (Å²) in [5, 5.41) is 4.36. The number of carbonyl (C=O) groups excluding carboxylic acids is 5. The number of urea groups is 2. The molecule has 1 saturated carbocycles. The predicted octanol–water partition coefficient (Wildman–Crippen LogP) is 0.202. The quantitative estimate of drug-likeness (QED) is 0.561. The van der Waals surface area contributed by atoms with Crippen LogP contribution in [-0.2, 0) is 14.4 Å². The molecule has 7 amide bonds. The molecule has 0 bridgehead atoms. The van der Waals surface area contributed by atoms with Crippen LogP contribution < -0.4 is 10.6 Å². The van der Waals surface area contributed by atoms with Crippen molar-refractivity contribution in [3.63, 3.8) is 0 Å². The number of imide groups is 3. The molecule has 0 unspecified atom stereocenters. The Balaban J connectivity index is 2.05. The van der Waals surface area contributed by atoms with Gasteiger partial charge in [-0.25, -0.2) is 14.5 Å². The minimum absolute atomic E-state index is 0.114. The molecule has 0 spiro atoms. The third-order valence-electron chi connectivity index (χ3n) is 4.37. The normalized spacial score (nSPS) is 24.3. The van der Waals surface area contributed by atoms with Crippen LogP contribution in [0.3, 0.4) is 0 Å². The SMILES string of the molecule is CCNC(=O)NC(=O)CN1C(=O)C(=O)N([C@@H]2CCCC[C@@H]2C)C1=O. The molecule has 0 radical (unpaired) electrons. The number of nitrogens with one attached hydrogen (secondary N) is 2. The van der Waals surface area contributed by atoms with E-state index in [-0.39, 0.29) is 12.0 Å². The lowest BCUT2D eigenvalue weighted by Crippen LogP contribution is -2.48. The molecule has 9 nitrogen and oxygen atoms in total. The van der Waals surface area contributed by atoms with E-state index in [2.05, 4.69) is 5.32 Å². The van der Waals surface area contributed by atoms with E-state index in [0.29, 0.717) is 17.9 Å². The van der Waals surface area contributed by atoms with E-state index >= 15 is 0 Å². The van der Waals surface area contributed by atoms with Crippen LogP contribution in [0.15, 0.2) is 0 Å². The predicted molar refractivity (Wildman–Crippen MR) is 82.6 cm³/mol. The van der Waals surface area contributed by atoms with Gasteiger partial charge in [-0.15, -0.1) is 0 Å². The fourth-order valence-electron chi connectivity index (χ4n) is 3.15. The lowest BCUT2D eigenvalue weighted by molar-refractivity contribution is -0.145. The standard InChI is InChI=1S/C15H22N4O5/c1-3-16-14(23)17-11(20)8-18-12(21)13(22)19(15(18)24)10-7-5-4-6-9(10)2/h9-10H,3-8H2,1-2H3,(H2,16,17,20,23)/t9-,10+/m0/s1. The summed E-state index contributed by atoms with van der Waals surface area (Å²) in [5.41, 5.74) is 0. The molecular weight excluding hydrogens is 316 g/mol. The Hall–Kier alpha value is -2.45. The number of nitrogens with zero attached hydrogens (tertiary/aromatic N) is 2. The average molecular weight is 338 g/mol. The first-order valence-electron chi connectivity index (χ1n) is 8.13. The second-order valence-electron chi connectivity index (χ2n) is 6.09. The van der Waals surface area contributed by atoms with Crippen LogP contribution in [0.5, 0.6) is 0 Å². The molecule has 0 aromatic rings. The summed E-state index contributed by atoms with van der Waals surface area (Å²) in [4.78, 5) is 61.3. The van der Waals surface area contributed by atoms with Crippen LogP contribution in [0.2, 0.25) is 0 Å². The zero-order valence-electron chi connectivity index (χ0n) is 13.8. The van der Waals surface area contributed by atoms with Crippen LogP contribution in [0.1, 0.15) is 39.5 Å². The van der Waals surface area contributed by atoms with Crippen molar-refractivity contribution >= 4 is 29.8 Å². The summed E-state index contributed by atoms with van der Waals surface area (Å²) >= 11 is 0. The van der Waals surface area contributed by atoms with Gasteiger partial charge < -0.3 is 5.32 Å². The van der Waals surface area contributed by atoms with Crippen molar-refractivity contribution in [2.24, 2.45) is 5.92 Å². The Labute approximate surface area is 139 Å². The molecule has 2 aliphatic rings. The Morgan fingerprint density at radius 2 is 1.79 bits per heavy atom. The number of carbonyl (C=O) groups is 5. The van der Waals surface area contributed by atoms with Gasteiger partial charge in [-0.1, -0.05) is 19.8 Å². The molecule has 0 aromatic heterocycles. The van der Waals surface area contributed by atoms with Crippen molar-refractivity contribution in [3.05, 3.63) is 0 Å². The van der Waals surface area contributed by atoms with Gasteiger partial charge in [-0.3, -0.25) is 24.6 Å². The number of amides is 7. The van der Waals surface area contributed by atoms with E-state index in [9.17, 15) is 24.0 Å². The van der Waals surface area contributed by atoms with Crippen molar-refractivity contribution in [2.75, 3.05) is 13.1 Å². The molecule has 132 valence electrons. The van der Waals surface area contributed by atoms with Gasteiger partial charge >= 0.3 is 23.9 Å². The van der Waals surface area contributed by atoms with Gasteiger partial charge in [0.15, 0.2) is 0 Å². The molecular formula is C15H22N4O5. The minimum Gasteiger partial charge on any atom is -0.338 e. The highest BCUT2D eigenvalue weighted by Gasteiger charge is 2.49. The van der Waals surface area contributed by atoms with Crippen molar-refractivity contribution in [2.45, 2.75) is 45.6 Å². The van der Waals surface area contributed by atoms with Crippen LogP contribution in [0, 0.1) is 5.92 Å². The van der Waals surface area contributed by atoms with Gasteiger partial charge in [0.2, 0.25) is 5.91 Å². The maximum Gasteiger partial charge on any atom is 0.334 e. The summed E-state index contributed by atoms with van der Waals surface area (Å²) in [7, 11) is 0. The lowest BCUT2D eigenvalue weighted by atomic mass is 9.85. The van der Waals surface area contributed by atoms with Gasteiger partial charge in [0.25, 0.3) is 0 Å². The lowest BCUT2D eigenvalue weighted by Gasteiger charge is -2.34. The Bertz CT molecular complexity index is 576. The average Bonchev–Trinajstić information content (AvgIpc) is 2.72. The van der Waals surface area contributed by atoms with E-state index in [0.717, 1.165) is 24.2 Å². The van der Waals surface area contributed by atoms with Crippen LogP contribution >= 0.6 is 0 Å². The van der Waals surface area contributed by atoms with E-state index < -0.39 is 36.3 Å². The molecule has 1 aliphatic heterocycles. The first-order chi connectivity index (χ1) is 11.4. The maximum atomic E-state index is 12.4. The fourth-order valence-corrected chi connectivity index (χ4v) is 3.15. The molecule has 2 fully saturated rings. The third kappa shape index (κ3) is 3.55. The monoisotopic (exact) mass is 338 g/mol. The number of rotatable bonds is 4. The largest absolute Gasteiger partial charge is 0.338 e. The molecule has 2 N–H and O–H groups in total. The highest BCUT2D eigenvalue weighted by molar-refractivity contribution is 6.45. The summed E-state index contributed by atoms with van der Waals surface area (Å²) in [6.07, 6.45) is 3.46. The smallest absolute Gasteiger partial charge is 0.334 e. The molecule has 9 heteroatoms. The zero-order valence-corrected chi connectivity index (χ0v) is 13.8. The zero-order chi connectivity index (χ0) is 17.9. The number of hydrogen-bond donors (Lipinski definition) is 2. The fraction of sp³-hybridized carbons (Fsp3) is 0.667. The Morgan fingerprint density at radius 3 is 2.42 bits per heavy atom. The van der Waals surface area contributed by atoms with Crippen LogP contribution in [0.4, 0.5) is 9.59 Å². The third-order valence-corrected chi connectivity index (χ3v) is 4.37. The van der Waals surface area contributed by atoms with Gasteiger partial charge in [0.1, 0.15) is 6.54 Å². The maximum absolute atomic E-state index is 12.4. The second kappa shape index (κ2) is 7.41. The summed E-state index contributed by atoms with van der Waals surface area (Å²) in [6.45, 7) is 3.30. The first-order valence-corrected chi connectivity index (χ1v) is 8.13. The van der Waals surface area contributed by atoms with Gasteiger partial charge in [0.05, 0.1) is 0 Å². The summed E-state index contributed by atoms with van der Waals surface area (Å²) in [6, 6.07) is -1.82. The van der Waals surface area contributed by atoms with E-state index in [1.807, 2.05) is 12.2 Å².